The van der Waals surface area contributed by atoms with Gasteiger partial charge in [-0.25, -0.2) is 9.69 Å². The van der Waals surface area contributed by atoms with Crippen molar-refractivity contribution in [2.75, 3.05) is 18.6 Å². The summed E-state index contributed by atoms with van der Waals surface area (Å²) in [5.74, 6) is -0.155. The summed E-state index contributed by atoms with van der Waals surface area (Å²) in [4.78, 5) is 30.2. The number of benzene rings is 1. The van der Waals surface area contributed by atoms with Gasteiger partial charge in [-0.15, -0.1) is 0 Å². The van der Waals surface area contributed by atoms with Crippen molar-refractivity contribution >= 4 is 29.0 Å². The molecule has 126 valence electrons. The van der Waals surface area contributed by atoms with Gasteiger partial charge in [0.25, 0.3) is 5.91 Å². The van der Waals surface area contributed by atoms with E-state index < -0.39 is 6.04 Å². The molecule has 0 N–H and O–H groups in total. The van der Waals surface area contributed by atoms with Gasteiger partial charge in [0.15, 0.2) is 0 Å². The van der Waals surface area contributed by atoms with Crippen molar-refractivity contribution in [2.24, 2.45) is 0 Å². The molecular weight excluding hydrogens is 322 g/mol. The summed E-state index contributed by atoms with van der Waals surface area (Å²) in [5.41, 5.74) is 3.07. The fraction of sp³-hybridized carbons (Fsp3) is 0.333. The van der Waals surface area contributed by atoms with E-state index in [1.54, 1.807) is 23.2 Å². The first-order valence-electron chi connectivity index (χ1n) is 7.88. The molecule has 1 aromatic carbocycles. The van der Waals surface area contributed by atoms with Crippen LogP contribution in [0.2, 0.25) is 0 Å². The minimum atomic E-state index is -0.477. The molecule has 1 atom stereocenters. The van der Waals surface area contributed by atoms with Crippen LogP contribution >= 0.6 is 11.3 Å². The summed E-state index contributed by atoms with van der Waals surface area (Å²) < 4.78 is 0. The van der Waals surface area contributed by atoms with Crippen LogP contribution in [0.5, 0.6) is 0 Å². The Hall–Kier alpha value is -2.18. The zero-order valence-electron chi connectivity index (χ0n) is 14.1. The Kier molecular flexibility index (Phi) is 4.69. The standard InChI is InChI=1S/C18H21N3O2S/c1-13-4-6-16(7-5-13)21-14(2)17(22)20(18(21)23)12-19(3)10-15-8-9-24-11-15/h4-9,11,14H,10,12H2,1-3H3/t14-/m0/s1. The predicted octanol–water partition coefficient (Wildman–Crippen LogP) is 3.30. The maximum atomic E-state index is 12.8. The van der Waals surface area contributed by atoms with E-state index in [9.17, 15) is 9.59 Å². The summed E-state index contributed by atoms with van der Waals surface area (Å²) in [6.07, 6.45) is 0. The van der Waals surface area contributed by atoms with Gasteiger partial charge in [-0.1, -0.05) is 17.7 Å². The maximum Gasteiger partial charge on any atom is 0.333 e. The van der Waals surface area contributed by atoms with E-state index in [2.05, 4.69) is 11.4 Å². The highest BCUT2D eigenvalue weighted by molar-refractivity contribution is 7.07. The van der Waals surface area contributed by atoms with Crippen molar-refractivity contribution < 1.29 is 9.59 Å². The zero-order chi connectivity index (χ0) is 17.3. The largest absolute Gasteiger partial charge is 0.333 e. The first kappa shape index (κ1) is 16.7. The SMILES string of the molecule is Cc1ccc(N2C(=O)N(CN(C)Cc3ccsc3)C(=O)[C@@H]2C)cc1. The topological polar surface area (TPSA) is 43.9 Å². The quantitative estimate of drug-likeness (QED) is 0.783. The Morgan fingerprint density at radius 2 is 1.88 bits per heavy atom. The monoisotopic (exact) mass is 343 g/mol. The molecule has 24 heavy (non-hydrogen) atoms. The zero-order valence-corrected chi connectivity index (χ0v) is 14.9. The third-order valence-electron chi connectivity index (χ3n) is 4.18. The Morgan fingerprint density at radius 1 is 1.17 bits per heavy atom. The number of anilines is 1. The van der Waals surface area contributed by atoms with Gasteiger partial charge in [-0.2, -0.15) is 11.3 Å². The molecule has 6 heteroatoms. The lowest BCUT2D eigenvalue weighted by Gasteiger charge is -2.23. The molecular formula is C18H21N3O2S. The number of carbonyl (C=O) groups excluding carboxylic acids is 2. The van der Waals surface area contributed by atoms with Crippen LogP contribution in [0.4, 0.5) is 10.5 Å². The van der Waals surface area contributed by atoms with Crippen LogP contribution in [0, 0.1) is 6.92 Å². The molecule has 5 nitrogen and oxygen atoms in total. The lowest BCUT2D eigenvalue weighted by atomic mass is 10.2. The van der Waals surface area contributed by atoms with Crippen molar-refractivity contribution in [1.29, 1.82) is 0 Å². The number of urea groups is 1. The molecule has 0 unspecified atom stereocenters. The van der Waals surface area contributed by atoms with Gasteiger partial charge in [0.1, 0.15) is 6.04 Å². The second-order valence-corrected chi connectivity index (χ2v) is 7.00. The van der Waals surface area contributed by atoms with Crippen LogP contribution in [0.25, 0.3) is 0 Å². The average molecular weight is 343 g/mol. The van der Waals surface area contributed by atoms with E-state index in [1.807, 2.05) is 48.5 Å². The van der Waals surface area contributed by atoms with Gasteiger partial charge in [0, 0.05) is 12.2 Å². The third kappa shape index (κ3) is 3.20. The van der Waals surface area contributed by atoms with E-state index in [0.717, 1.165) is 11.3 Å². The fourth-order valence-corrected chi connectivity index (χ4v) is 3.54. The number of carbonyl (C=O) groups is 2. The third-order valence-corrected chi connectivity index (χ3v) is 4.91. The second kappa shape index (κ2) is 6.75. The minimum Gasteiger partial charge on any atom is -0.284 e. The minimum absolute atomic E-state index is 0.155. The second-order valence-electron chi connectivity index (χ2n) is 6.22. The predicted molar refractivity (Wildman–Crippen MR) is 96.0 cm³/mol. The molecule has 0 saturated carbocycles. The molecule has 0 bridgehead atoms. The maximum absolute atomic E-state index is 12.8. The van der Waals surface area contributed by atoms with E-state index >= 15 is 0 Å². The molecule has 2 heterocycles. The summed E-state index contributed by atoms with van der Waals surface area (Å²) in [6, 6.07) is 8.99. The Morgan fingerprint density at radius 3 is 2.50 bits per heavy atom. The highest BCUT2D eigenvalue weighted by Crippen LogP contribution is 2.26. The molecule has 1 saturated heterocycles. The van der Waals surface area contributed by atoms with Crippen LogP contribution in [-0.4, -0.2) is 41.5 Å². The molecule has 0 spiro atoms. The van der Waals surface area contributed by atoms with Gasteiger partial charge >= 0.3 is 6.03 Å². The Balaban J connectivity index is 1.74. The lowest BCUT2D eigenvalue weighted by molar-refractivity contribution is -0.128. The lowest BCUT2D eigenvalue weighted by Crippen LogP contribution is -2.40. The van der Waals surface area contributed by atoms with Gasteiger partial charge in [-0.05, 0) is 55.4 Å². The molecule has 3 rings (SSSR count). The summed E-state index contributed by atoms with van der Waals surface area (Å²) in [5, 5.41) is 4.10. The van der Waals surface area contributed by atoms with Crippen LogP contribution < -0.4 is 4.90 Å². The number of thiophene rings is 1. The first-order valence-corrected chi connectivity index (χ1v) is 8.82. The van der Waals surface area contributed by atoms with Crippen LogP contribution in [0.15, 0.2) is 41.1 Å². The van der Waals surface area contributed by atoms with Crippen LogP contribution in [0.3, 0.4) is 0 Å². The van der Waals surface area contributed by atoms with Crippen molar-refractivity contribution in [2.45, 2.75) is 26.4 Å². The smallest absolute Gasteiger partial charge is 0.284 e. The van der Waals surface area contributed by atoms with Gasteiger partial charge in [0.2, 0.25) is 0 Å². The molecule has 0 radical (unpaired) electrons. The van der Waals surface area contributed by atoms with Crippen LogP contribution in [0.1, 0.15) is 18.1 Å². The number of rotatable bonds is 5. The van der Waals surface area contributed by atoms with E-state index in [4.69, 9.17) is 0 Å². The van der Waals surface area contributed by atoms with Gasteiger partial charge in [0.05, 0.1) is 6.67 Å². The van der Waals surface area contributed by atoms with E-state index in [-0.39, 0.29) is 11.9 Å². The van der Waals surface area contributed by atoms with Crippen molar-refractivity contribution in [3.63, 3.8) is 0 Å². The molecule has 1 aromatic heterocycles. The Labute approximate surface area is 146 Å². The highest BCUT2D eigenvalue weighted by Gasteiger charge is 2.43. The highest BCUT2D eigenvalue weighted by atomic mass is 32.1. The molecule has 1 aliphatic heterocycles. The van der Waals surface area contributed by atoms with Crippen molar-refractivity contribution in [3.05, 3.63) is 52.2 Å². The van der Waals surface area contributed by atoms with E-state index in [1.165, 1.54) is 10.5 Å². The number of amides is 3. The van der Waals surface area contributed by atoms with Crippen molar-refractivity contribution in [1.82, 2.24) is 9.80 Å². The first-order chi connectivity index (χ1) is 11.5. The normalized spacial score (nSPS) is 18.1. The number of aryl methyl sites for hydroxylation is 1. The number of nitrogens with zero attached hydrogens (tertiary/aromatic N) is 3. The van der Waals surface area contributed by atoms with E-state index in [0.29, 0.717) is 13.2 Å². The molecule has 1 aliphatic rings. The van der Waals surface area contributed by atoms with Gasteiger partial charge in [-0.3, -0.25) is 14.6 Å². The summed E-state index contributed by atoms with van der Waals surface area (Å²) in [6.45, 7) is 4.77. The molecule has 2 aromatic rings. The average Bonchev–Trinajstić information content (AvgIpc) is 3.12. The number of hydrogen-bond acceptors (Lipinski definition) is 4. The number of hydrogen-bond donors (Lipinski definition) is 0. The molecule has 0 aliphatic carbocycles. The fourth-order valence-electron chi connectivity index (χ4n) is 2.88. The summed E-state index contributed by atoms with van der Waals surface area (Å²) >= 11 is 1.64. The summed E-state index contributed by atoms with van der Waals surface area (Å²) in [7, 11) is 1.91. The Bertz CT molecular complexity index is 727. The molecule has 1 fully saturated rings. The number of imide groups is 1. The van der Waals surface area contributed by atoms with Gasteiger partial charge < -0.3 is 0 Å². The van der Waals surface area contributed by atoms with Crippen LogP contribution in [-0.2, 0) is 11.3 Å². The molecule has 3 amide bonds. The van der Waals surface area contributed by atoms with Crippen molar-refractivity contribution in [3.8, 4) is 0 Å².